The van der Waals surface area contributed by atoms with Gasteiger partial charge in [-0.25, -0.2) is 4.39 Å². The van der Waals surface area contributed by atoms with Gasteiger partial charge < -0.3 is 4.90 Å². The molecule has 0 spiro atoms. The van der Waals surface area contributed by atoms with E-state index in [2.05, 4.69) is 0 Å². The molecule has 0 unspecified atom stereocenters. The summed E-state index contributed by atoms with van der Waals surface area (Å²) in [7, 11) is 0. The molecule has 2 aliphatic rings. The van der Waals surface area contributed by atoms with Gasteiger partial charge in [0.05, 0.1) is 17.5 Å². The molecule has 1 fully saturated rings. The average Bonchev–Trinajstić information content (AvgIpc) is 2.95. The van der Waals surface area contributed by atoms with E-state index in [1.165, 1.54) is 17.0 Å². The Morgan fingerprint density at radius 3 is 2.04 bits per heavy atom. The van der Waals surface area contributed by atoms with E-state index in [0.29, 0.717) is 37.1 Å². The van der Waals surface area contributed by atoms with Crippen molar-refractivity contribution in [2.45, 2.75) is 25.3 Å². The molecule has 0 bridgehead atoms. The number of imide groups is 1. The Morgan fingerprint density at radius 2 is 1.48 bits per heavy atom. The van der Waals surface area contributed by atoms with Gasteiger partial charge in [-0.3, -0.25) is 19.3 Å². The number of halogens is 1. The average molecular weight is 366 g/mol. The van der Waals surface area contributed by atoms with Crippen LogP contribution in [0.15, 0.2) is 48.5 Å². The van der Waals surface area contributed by atoms with Gasteiger partial charge in [-0.1, -0.05) is 24.3 Å². The molecule has 2 aromatic rings. The molecule has 0 aromatic heterocycles. The van der Waals surface area contributed by atoms with E-state index in [1.54, 1.807) is 41.3 Å². The third-order valence-electron chi connectivity index (χ3n) is 5.28. The van der Waals surface area contributed by atoms with E-state index in [9.17, 15) is 18.8 Å². The van der Waals surface area contributed by atoms with Gasteiger partial charge in [-0.2, -0.15) is 0 Å². The number of carbonyl (C=O) groups excluding carboxylic acids is 3. The Labute approximate surface area is 156 Å². The molecule has 3 amide bonds. The zero-order chi connectivity index (χ0) is 19.0. The third kappa shape index (κ3) is 3.23. The molecule has 0 radical (unpaired) electrons. The van der Waals surface area contributed by atoms with E-state index in [1.807, 2.05) is 0 Å². The van der Waals surface area contributed by atoms with Crippen LogP contribution in [-0.4, -0.2) is 46.7 Å². The number of hydrogen-bond acceptors (Lipinski definition) is 3. The summed E-state index contributed by atoms with van der Waals surface area (Å²) in [6.07, 6.45) is 1.36. The minimum absolute atomic E-state index is 0.0255. The van der Waals surface area contributed by atoms with E-state index >= 15 is 0 Å². The van der Waals surface area contributed by atoms with Crippen LogP contribution in [0.4, 0.5) is 4.39 Å². The molecule has 1 saturated heterocycles. The van der Waals surface area contributed by atoms with Gasteiger partial charge in [0.1, 0.15) is 5.82 Å². The van der Waals surface area contributed by atoms with Crippen molar-refractivity contribution in [2.75, 3.05) is 13.1 Å². The third-order valence-corrected chi connectivity index (χ3v) is 5.28. The number of nitrogens with zero attached hydrogens (tertiary/aromatic N) is 2. The monoisotopic (exact) mass is 366 g/mol. The smallest absolute Gasteiger partial charge is 0.261 e. The molecule has 4 rings (SSSR count). The number of hydrogen-bond donors (Lipinski definition) is 0. The number of amides is 3. The molecule has 0 N–H and O–H groups in total. The van der Waals surface area contributed by atoms with Crippen LogP contribution in [0.1, 0.15) is 39.1 Å². The zero-order valence-corrected chi connectivity index (χ0v) is 14.7. The normalized spacial score (nSPS) is 17.4. The van der Waals surface area contributed by atoms with Gasteiger partial charge >= 0.3 is 0 Å². The van der Waals surface area contributed by atoms with E-state index in [4.69, 9.17) is 0 Å². The standard InChI is InChI=1S/C21H19FN2O3/c22-15-7-5-14(6-8-15)13-19(25)23-11-9-16(10-12-23)24-20(26)17-3-1-2-4-18(17)21(24)27/h1-8,16H,9-13H2. The van der Waals surface area contributed by atoms with Gasteiger partial charge in [0.15, 0.2) is 0 Å². The highest BCUT2D eigenvalue weighted by Gasteiger charge is 2.40. The maximum Gasteiger partial charge on any atom is 0.261 e. The van der Waals surface area contributed by atoms with E-state index in [-0.39, 0.29) is 36.0 Å². The lowest BCUT2D eigenvalue weighted by molar-refractivity contribution is -0.131. The molecular weight excluding hydrogens is 347 g/mol. The summed E-state index contributed by atoms with van der Waals surface area (Å²) >= 11 is 0. The van der Waals surface area contributed by atoms with Gasteiger partial charge in [-0.15, -0.1) is 0 Å². The molecule has 0 aliphatic carbocycles. The lowest BCUT2D eigenvalue weighted by Crippen LogP contribution is -2.49. The first-order valence-corrected chi connectivity index (χ1v) is 9.04. The highest BCUT2D eigenvalue weighted by atomic mass is 19.1. The van der Waals surface area contributed by atoms with Crippen LogP contribution in [0.2, 0.25) is 0 Å². The molecular formula is C21H19FN2O3. The molecule has 27 heavy (non-hydrogen) atoms. The predicted molar refractivity (Wildman–Crippen MR) is 96.6 cm³/mol. The number of fused-ring (bicyclic) bond motifs is 1. The highest BCUT2D eigenvalue weighted by Crippen LogP contribution is 2.28. The minimum atomic E-state index is -0.326. The number of likely N-dealkylation sites (tertiary alicyclic amines) is 1. The maximum atomic E-state index is 13.0. The largest absolute Gasteiger partial charge is 0.342 e. The summed E-state index contributed by atoms with van der Waals surface area (Å²) in [4.78, 5) is 40.7. The fourth-order valence-electron chi connectivity index (χ4n) is 3.80. The number of rotatable bonds is 3. The summed E-state index contributed by atoms with van der Waals surface area (Å²) in [5, 5.41) is 0. The van der Waals surface area contributed by atoms with Crippen LogP contribution in [0.5, 0.6) is 0 Å². The van der Waals surface area contributed by atoms with Gasteiger partial charge in [-0.05, 0) is 42.7 Å². The van der Waals surface area contributed by atoms with Crippen LogP contribution in [-0.2, 0) is 11.2 Å². The first-order valence-electron chi connectivity index (χ1n) is 9.04. The quantitative estimate of drug-likeness (QED) is 0.785. The van der Waals surface area contributed by atoms with Gasteiger partial charge in [0.25, 0.3) is 11.8 Å². The Hall–Kier alpha value is -3.02. The molecule has 5 nitrogen and oxygen atoms in total. The fourth-order valence-corrected chi connectivity index (χ4v) is 3.80. The van der Waals surface area contributed by atoms with Crippen molar-refractivity contribution in [1.29, 1.82) is 0 Å². The summed E-state index contributed by atoms with van der Waals surface area (Å²) in [6.45, 7) is 0.996. The Balaban J connectivity index is 1.38. The highest BCUT2D eigenvalue weighted by molar-refractivity contribution is 6.21. The predicted octanol–water partition coefficient (Wildman–Crippen LogP) is 2.66. The van der Waals surface area contributed by atoms with Crippen molar-refractivity contribution in [3.8, 4) is 0 Å². The second-order valence-electron chi connectivity index (χ2n) is 6.94. The number of carbonyl (C=O) groups is 3. The van der Waals surface area contributed by atoms with Crippen LogP contribution in [0, 0.1) is 5.82 Å². The van der Waals surface area contributed by atoms with E-state index in [0.717, 1.165) is 5.56 Å². The molecule has 0 saturated carbocycles. The van der Waals surface area contributed by atoms with Crippen LogP contribution < -0.4 is 0 Å². The van der Waals surface area contributed by atoms with Crippen molar-refractivity contribution in [2.24, 2.45) is 0 Å². The summed E-state index contributed by atoms with van der Waals surface area (Å²) < 4.78 is 13.0. The molecule has 2 aliphatic heterocycles. The second-order valence-corrected chi connectivity index (χ2v) is 6.94. The van der Waals surface area contributed by atoms with Gasteiger partial charge in [0, 0.05) is 19.1 Å². The molecule has 2 heterocycles. The SMILES string of the molecule is O=C(Cc1ccc(F)cc1)N1CCC(N2C(=O)c3ccccc3C2=O)CC1. The molecule has 0 atom stereocenters. The van der Waals surface area contributed by atoms with Crippen molar-refractivity contribution in [3.05, 3.63) is 71.0 Å². The molecule has 6 heteroatoms. The summed E-state index contributed by atoms with van der Waals surface area (Å²) in [5.41, 5.74) is 1.68. The molecule has 138 valence electrons. The first kappa shape index (κ1) is 17.4. The number of piperidine rings is 1. The van der Waals surface area contributed by atoms with Crippen LogP contribution >= 0.6 is 0 Å². The summed E-state index contributed by atoms with van der Waals surface area (Å²) in [6, 6.07) is 12.6. The van der Waals surface area contributed by atoms with Crippen molar-refractivity contribution < 1.29 is 18.8 Å². The van der Waals surface area contributed by atoms with Crippen LogP contribution in [0.3, 0.4) is 0 Å². The lowest BCUT2D eigenvalue weighted by Gasteiger charge is -2.35. The van der Waals surface area contributed by atoms with E-state index < -0.39 is 0 Å². The minimum Gasteiger partial charge on any atom is -0.342 e. The summed E-state index contributed by atoms with van der Waals surface area (Å²) in [5.74, 6) is -0.839. The second kappa shape index (κ2) is 6.95. The maximum absolute atomic E-state index is 13.0. The van der Waals surface area contributed by atoms with Crippen LogP contribution in [0.25, 0.3) is 0 Å². The Morgan fingerprint density at radius 1 is 0.926 bits per heavy atom. The topological polar surface area (TPSA) is 57.7 Å². The van der Waals surface area contributed by atoms with Gasteiger partial charge in [0.2, 0.25) is 5.91 Å². The van der Waals surface area contributed by atoms with Crippen molar-refractivity contribution in [1.82, 2.24) is 9.80 Å². The Bertz CT molecular complexity index is 867. The lowest BCUT2D eigenvalue weighted by atomic mass is 10.0. The first-order chi connectivity index (χ1) is 13.0. The fraction of sp³-hybridized carbons (Fsp3) is 0.286. The van der Waals surface area contributed by atoms with Crippen molar-refractivity contribution >= 4 is 17.7 Å². The Kier molecular flexibility index (Phi) is 4.48. The number of benzene rings is 2. The van der Waals surface area contributed by atoms with Crippen molar-refractivity contribution in [3.63, 3.8) is 0 Å². The molecule has 2 aromatic carbocycles. The zero-order valence-electron chi connectivity index (χ0n) is 14.7.